The lowest BCUT2D eigenvalue weighted by Crippen LogP contribution is -2.07. The summed E-state index contributed by atoms with van der Waals surface area (Å²) in [6.45, 7) is 1.97. The van der Waals surface area contributed by atoms with E-state index in [2.05, 4.69) is 5.10 Å². The number of carboxylic acid groups (broad SMARTS) is 1. The Bertz CT molecular complexity index is 663. The van der Waals surface area contributed by atoms with Gasteiger partial charge in [0.15, 0.2) is 0 Å². The van der Waals surface area contributed by atoms with E-state index in [-0.39, 0.29) is 23.4 Å². The second kappa shape index (κ2) is 5.43. The van der Waals surface area contributed by atoms with Crippen LogP contribution in [0.5, 0.6) is 0 Å². The summed E-state index contributed by atoms with van der Waals surface area (Å²) in [5.74, 6) is -1.62. The van der Waals surface area contributed by atoms with E-state index in [1.807, 2.05) is 0 Å². The van der Waals surface area contributed by atoms with Crippen molar-refractivity contribution in [3.63, 3.8) is 0 Å². The van der Waals surface area contributed by atoms with Crippen LogP contribution in [0.15, 0.2) is 30.6 Å². The minimum absolute atomic E-state index is 0.0179. The van der Waals surface area contributed by atoms with E-state index in [9.17, 15) is 9.59 Å². The van der Waals surface area contributed by atoms with Crippen LogP contribution in [0.3, 0.4) is 0 Å². The molecular weight excluding hydrogens is 262 g/mol. The van der Waals surface area contributed by atoms with E-state index < -0.39 is 11.9 Å². The Kier molecular flexibility index (Phi) is 3.69. The first-order valence-electron chi connectivity index (χ1n) is 5.88. The molecule has 0 fully saturated rings. The first-order valence-corrected chi connectivity index (χ1v) is 5.88. The van der Waals surface area contributed by atoms with E-state index >= 15 is 0 Å². The summed E-state index contributed by atoms with van der Waals surface area (Å²) < 4.78 is 6.19. The number of aromatic carboxylic acids is 1. The molecule has 0 radical (unpaired) electrons. The number of aromatic nitrogens is 2. The van der Waals surface area contributed by atoms with Crippen molar-refractivity contribution in [2.45, 2.75) is 6.92 Å². The van der Waals surface area contributed by atoms with Gasteiger partial charge < -0.3 is 15.6 Å². The molecule has 0 amide bonds. The van der Waals surface area contributed by atoms with Crippen molar-refractivity contribution in [1.82, 2.24) is 9.78 Å². The predicted octanol–water partition coefficient (Wildman–Crippen LogP) is 1.33. The van der Waals surface area contributed by atoms with Gasteiger partial charge in [-0.15, -0.1) is 0 Å². The number of carbonyl (C=O) groups is 2. The van der Waals surface area contributed by atoms with E-state index in [4.69, 9.17) is 15.6 Å². The summed E-state index contributed by atoms with van der Waals surface area (Å²) in [6.07, 6.45) is 2.78. The van der Waals surface area contributed by atoms with E-state index in [1.54, 1.807) is 19.1 Å². The maximum atomic E-state index is 11.5. The number of para-hydroxylation sites is 1. The van der Waals surface area contributed by atoms with Crippen LogP contribution in [0.4, 0.5) is 5.69 Å². The number of hydrogen-bond acceptors (Lipinski definition) is 5. The number of hydrogen-bond donors (Lipinski definition) is 2. The third-order valence-corrected chi connectivity index (χ3v) is 2.65. The fourth-order valence-electron chi connectivity index (χ4n) is 1.71. The number of carboxylic acids is 1. The smallest absolute Gasteiger partial charge is 0.341 e. The molecule has 1 aromatic carbocycles. The van der Waals surface area contributed by atoms with Crippen LogP contribution >= 0.6 is 0 Å². The van der Waals surface area contributed by atoms with Crippen LogP contribution in [-0.4, -0.2) is 33.4 Å². The molecule has 3 N–H and O–H groups in total. The fourth-order valence-corrected chi connectivity index (χ4v) is 1.71. The second-order valence-electron chi connectivity index (χ2n) is 3.94. The van der Waals surface area contributed by atoms with E-state index in [0.717, 1.165) is 0 Å². The monoisotopic (exact) mass is 275 g/mol. The number of rotatable bonds is 4. The molecule has 0 unspecified atom stereocenters. The molecule has 0 aliphatic carbocycles. The number of nitrogen functional groups attached to an aromatic ring is 1. The van der Waals surface area contributed by atoms with Crippen LogP contribution in [0.25, 0.3) is 5.69 Å². The van der Waals surface area contributed by atoms with Gasteiger partial charge in [-0.1, -0.05) is 6.07 Å². The highest BCUT2D eigenvalue weighted by atomic mass is 16.5. The van der Waals surface area contributed by atoms with Crippen molar-refractivity contribution in [3.05, 3.63) is 41.7 Å². The van der Waals surface area contributed by atoms with E-state index in [0.29, 0.717) is 5.69 Å². The largest absolute Gasteiger partial charge is 0.478 e. The molecule has 2 rings (SSSR count). The maximum Gasteiger partial charge on any atom is 0.341 e. The third kappa shape index (κ3) is 2.46. The molecular formula is C13H13N3O4. The highest BCUT2D eigenvalue weighted by Gasteiger charge is 2.15. The molecule has 0 atom stereocenters. The van der Waals surface area contributed by atoms with Gasteiger partial charge in [-0.25, -0.2) is 14.3 Å². The van der Waals surface area contributed by atoms with Crippen molar-refractivity contribution in [2.24, 2.45) is 0 Å². The molecule has 20 heavy (non-hydrogen) atoms. The second-order valence-corrected chi connectivity index (χ2v) is 3.94. The molecule has 0 aliphatic heterocycles. The van der Waals surface area contributed by atoms with Gasteiger partial charge in [-0.05, 0) is 19.1 Å². The van der Waals surface area contributed by atoms with Gasteiger partial charge in [0.2, 0.25) is 0 Å². The molecule has 0 aliphatic rings. The van der Waals surface area contributed by atoms with Gasteiger partial charge in [0.1, 0.15) is 0 Å². The number of nitrogens with two attached hydrogens (primary N) is 1. The summed E-state index contributed by atoms with van der Waals surface area (Å²) in [7, 11) is 0. The zero-order valence-corrected chi connectivity index (χ0v) is 10.7. The van der Waals surface area contributed by atoms with Crippen molar-refractivity contribution in [2.75, 3.05) is 12.3 Å². The minimum atomic E-state index is -1.12. The van der Waals surface area contributed by atoms with Gasteiger partial charge in [-0.3, -0.25) is 0 Å². The molecule has 104 valence electrons. The van der Waals surface area contributed by atoms with Gasteiger partial charge >= 0.3 is 11.9 Å². The lowest BCUT2D eigenvalue weighted by Gasteiger charge is -2.07. The Morgan fingerprint density at radius 2 is 2.20 bits per heavy atom. The quantitative estimate of drug-likeness (QED) is 0.643. The summed E-state index contributed by atoms with van der Waals surface area (Å²) in [5, 5.41) is 13.0. The van der Waals surface area contributed by atoms with Crippen molar-refractivity contribution < 1.29 is 19.4 Å². The summed E-state index contributed by atoms with van der Waals surface area (Å²) >= 11 is 0. The standard InChI is InChI=1S/C13H13N3O4/c1-2-20-13(19)8-6-15-16(7-8)10-5-3-4-9(11(10)14)12(17)18/h3-7H,2,14H2,1H3,(H,17,18). The van der Waals surface area contributed by atoms with Crippen LogP contribution < -0.4 is 5.73 Å². The molecule has 7 nitrogen and oxygen atoms in total. The number of carbonyl (C=O) groups excluding carboxylic acids is 1. The number of ether oxygens (including phenoxy) is 1. The zero-order chi connectivity index (χ0) is 14.7. The van der Waals surface area contributed by atoms with Crippen LogP contribution in [0, 0.1) is 0 Å². The molecule has 7 heteroatoms. The topological polar surface area (TPSA) is 107 Å². The summed E-state index contributed by atoms with van der Waals surface area (Å²) in [5.41, 5.74) is 6.53. The van der Waals surface area contributed by atoms with Crippen molar-refractivity contribution in [3.8, 4) is 5.69 Å². The lowest BCUT2D eigenvalue weighted by atomic mass is 10.1. The zero-order valence-electron chi connectivity index (χ0n) is 10.7. The van der Waals surface area contributed by atoms with E-state index in [1.165, 1.54) is 23.1 Å². The average Bonchev–Trinajstić information content (AvgIpc) is 2.88. The Labute approximate surface area is 114 Å². The lowest BCUT2D eigenvalue weighted by molar-refractivity contribution is 0.0525. The summed E-state index contributed by atoms with van der Waals surface area (Å²) in [4.78, 5) is 22.6. The maximum absolute atomic E-state index is 11.5. The Balaban J connectivity index is 2.40. The molecule has 0 spiro atoms. The average molecular weight is 275 g/mol. The molecule has 0 saturated heterocycles. The van der Waals surface area contributed by atoms with Crippen LogP contribution in [0.2, 0.25) is 0 Å². The normalized spacial score (nSPS) is 10.2. The van der Waals surface area contributed by atoms with Gasteiger partial charge in [0, 0.05) is 6.20 Å². The summed E-state index contributed by atoms with van der Waals surface area (Å²) in [6, 6.07) is 4.57. The number of anilines is 1. The first kappa shape index (κ1) is 13.6. The van der Waals surface area contributed by atoms with Gasteiger partial charge in [0.05, 0.1) is 35.3 Å². The molecule has 0 saturated carbocycles. The van der Waals surface area contributed by atoms with Gasteiger partial charge in [-0.2, -0.15) is 5.10 Å². The highest BCUT2D eigenvalue weighted by molar-refractivity contribution is 5.95. The molecule has 0 bridgehead atoms. The van der Waals surface area contributed by atoms with Crippen molar-refractivity contribution >= 4 is 17.6 Å². The SMILES string of the molecule is CCOC(=O)c1cnn(-c2cccc(C(=O)O)c2N)c1. The highest BCUT2D eigenvalue weighted by Crippen LogP contribution is 2.21. The Morgan fingerprint density at radius 3 is 2.85 bits per heavy atom. The van der Waals surface area contributed by atoms with Gasteiger partial charge in [0.25, 0.3) is 0 Å². The van der Waals surface area contributed by atoms with Crippen LogP contribution in [0.1, 0.15) is 27.6 Å². The van der Waals surface area contributed by atoms with Crippen molar-refractivity contribution in [1.29, 1.82) is 0 Å². The third-order valence-electron chi connectivity index (χ3n) is 2.65. The number of benzene rings is 1. The molecule has 1 heterocycles. The first-order chi connectivity index (χ1) is 9.54. The van der Waals surface area contributed by atoms with Crippen LogP contribution in [-0.2, 0) is 4.74 Å². The number of esters is 1. The molecule has 2 aromatic rings. The Morgan fingerprint density at radius 1 is 1.45 bits per heavy atom. The molecule has 1 aromatic heterocycles. The fraction of sp³-hybridized carbons (Fsp3) is 0.154. The predicted molar refractivity (Wildman–Crippen MR) is 70.9 cm³/mol. The minimum Gasteiger partial charge on any atom is -0.478 e. The number of nitrogens with zero attached hydrogens (tertiary/aromatic N) is 2. The Hall–Kier alpha value is -2.83.